The van der Waals surface area contributed by atoms with E-state index in [0.29, 0.717) is 25.9 Å². The van der Waals surface area contributed by atoms with Crippen LogP contribution < -0.4 is 4.74 Å². The van der Waals surface area contributed by atoms with Crippen LogP contribution in [0.1, 0.15) is 28.8 Å². The van der Waals surface area contributed by atoms with Crippen LogP contribution in [-0.4, -0.2) is 46.2 Å². The standard InChI is InChI=1S/C19H21N3O4S/c1-13-12-20-8-5-18(13)26-14-6-9-21(10-7-14)19(23)16-11-15(27-2)3-4-17(16)22(24)25/h3-5,8,11-12,14H,6-7,9-10H2,1-2H3. The maximum atomic E-state index is 12.9. The lowest BCUT2D eigenvalue weighted by atomic mass is 10.1. The smallest absolute Gasteiger partial charge is 0.282 e. The highest BCUT2D eigenvalue weighted by Gasteiger charge is 2.29. The van der Waals surface area contributed by atoms with Crippen LogP contribution in [0.3, 0.4) is 0 Å². The summed E-state index contributed by atoms with van der Waals surface area (Å²) in [6.07, 6.45) is 6.71. The van der Waals surface area contributed by atoms with Gasteiger partial charge in [-0.05, 0) is 31.4 Å². The fourth-order valence-corrected chi connectivity index (χ4v) is 3.53. The SMILES string of the molecule is CSc1ccc([N+](=O)[O-])c(C(=O)N2CCC(Oc3ccncc3C)CC2)c1. The first-order chi connectivity index (χ1) is 13.0. The summed E-state index contributed by atoms with van der Waals surface area (Å²) in [5, 5.41) is 11.3. The predicted molar refractivity (Wildman–Crippen MR) is 103 cm³/mol. The van der Waals surface area contributed by atoms with Crippen molar-refractivity contribution in [3.05, 3.63) is 57.9 Å². The number of rotatable bonds is 5. The number of nitrogens with zero attached hydrogens (tertiary/aromatic N) is 3. The van der Waals surface area contributed by atoms with Crippen molar-refractivity contribution in [1.82, 2.24) is 9.88 Å². The summed E-state index contributed by atoms with van der Waals surface area (Å²) in [6.45, 7) is 2.96. The molecule has 0 radical (unpaired) electrons. The molecule has 2 aromatic rings. The van der Waals surface area contributed by atoms with Crippen molar-refractivity contribution in [1.29, 1.82) is 0 Å². The Morgan fingerprint density at radius 3 is 2.70 bits per heavy atom. The molecule has 2 heterocycles. The largest absolute Gasteiger partial charge is 0.490 e. The Bertz CT molecular complexity index is 851. The number of hydrogen-bond acceptors (Lipinski definition) is 6. The van der Waals surface area contributed by atoms with Gasteiger partial charge in [0.15, 0.2) is 0 Å². The number of likely N-dealkylation sites (tertiary alicyclic amines) is 1. The van der Waals surface area contributed by atoms with Crippen molar-refractivity contribution >= 4 is 23.4 Å². The van der Waals surface area contributed by atoms with Crippen molar-refractivity contribution < 1.29 is 14.5 Å². The number of pyridine rings is 1. The maximum absolute atomic E-state index is 12.9. The molecule has 8 heteroatoms. The molecule has 0 bridgehead atoms. The van der Waals surface area contributed by atoms with Gasteiger partial charge in [-0.3, -0.25) is 19.9 Å². The molecule has 0 spiro atoms. The van der Waals surface area contributed by atoms with Crippen LogP contribution in [0.15, 0.2) is 41.6 Å². The molecule has 1 aromatic carbocycles. The Labute approximate surface area is 161 Å². The van der Waals surface area contributed by atoms with Crippen LogP contribution >= 0.6 is 11.8 Å². The second-order valence-electron chi connectivity index (χ2n) is 6.39. The van der Waals surface area contributed by atoms with Gasteiger partial charge >= 0.3 is 0 Å². The average molecular weight is 387 g/mol. The highest BCUT2D eigenvalue weighted by Crippen LogP contribution is 2.28. The van der Waals surface area contributed by atoms with E-state index in [1.54, 1.807) is 29.4 Å². The van der Waals surface area contributed by atoms with Crippen LogP contribution in [-0.2, 0) is 0 Å². The third-order valence-corrected chi connectivity index (χ3v) is 5.35. The van der Waals surface area contributed by atoms with E-state index in [2.05, 4.69) is 4.98 Å². The van der Waals surface area contributed by atoms with Crippen LogP contribution in [0.25, 0.3) is 0 Å². The van der Waals surface area contributed by atoms with Gasteiger partial charge < -0.3 is 9.64 Å². The van der Waals surface area contributed by atoms with Gasteiger partial charge in [0.25, 0.3) is 11.6 Å². The maximum Gasteiger partial charge on any atom is 0.282 e. The van der Waals surface area contributed by atoms with E-state index in [9.17, 15) is 14.9 Å². The molecule has 142 valence electrons. The predicted octanol–water partition coefficient (Wildman–Crippen LogP) is 3.70. The van der Waals surface area contributed by atoms with Crippen LogP contribution in [0.4, 0.5) is 5.69 Å². The number of benzene rings is 1. The van der Waals surface area contributed by atoms with E-state index in [1.165, 1.54) is 17.8 Å². The summed E-state index contributed by atoms with van der Waals surface area (Å²) in [4.78, 5) is 30.2. The molecule has 3 rings (SSSR count). The van der Waals surface area contributed by atoms with Crippen molar-refractivity contribution in [2.45, 2.75) is 30.8 Å². The highest BCUT2D eigenvalue weighted by atomic mass is 32.2. The number of thioether (sulfide) groups is 1. The van der Waals surface area contributed by atoms with Gasteiger partial charge in [0, 0.05) is 54.9 Å². The van der Waals surface area contributed by atoms with E-state index in [0.717, 1.165) is 16.2 Å². The molecule has 1 aliphatic rings. The fraction of sp³-hybridized carbons (Fsp3) is 0.368. The number of piperidine rings is 1. The van der Waals surface area contributed by atoms with Crippen molar-refractivity contribution in [3.8, 4) is 5.75 Å². The molecule has 1 amide bonds. The first kappa shape index (κ1) is 19.2. The lowest BCUT2D eigenvalue weighted by Gasteiger charge is -2.32. The molecule has 1 saturated heterocycles. The summed E-state index contributed by atoms with van der Waals surface area (Å²) in [5.41, 5.74) is 0.972. The van der Waals surface area contributed by atoms with Gasteiger partial charge in [-0.2, -0.15) is 0 Å². The lowest BCUT2D eigenvalue weighted by molar-refractivity contribution is -0.385. The number of ether oxygens (including phenoxy) is 1. The van der Waals surface area contributed by atoms with Gasteiger partial charge in [0.2, 0.25) is 0 Å². The molecule has 1 fully saturated rings. The molecule has 1 aliphatic heterocycles. The quantitative estimate of drug-likeness (QED) is 0.442. The number of aryl methyl sites for hydroxylation is 1. The molecule has 1 aromatic heterocycles. The van der Waals surface area contributed by atoms with Gasteiger partial charge in [0.05, 0.1) is 4.92 Å². The Morgan fingerprint density at radius 2 is 2.07 bits per heavy atom. The average Bonchev–Trinajstić information content (AvgIpc) is 2.69. The number of carbonyl (C=O) groups is 1. The monoisotopic (exact) mass is 387 g/mol. The Morgan fingerprint density at radius 1 is 1.33 bits per heavy atom. The minimum absolute atomic E-state index is 0.0164. The molecule has 0 atom stereocenters. The van der Waals surface area contributed by atoms with E-state index >= 15 is 0 Å². The van der Waals surface area contributed by atoms with Gasteiger partial charge in [-0.1, -0.05) is 0 Å². The Balaban J connectivity index is 1.68. The van der Waals surface area contributed by atoms with Crippen molar-refractivity contribution in [2.24, 2.45) is 0 Å². The minimum Gasteiger partial charge on any atom is -0.490 e. The molecule has 0 aliphatic carbocycles. The number of aromatic nitrogens is 1. The number of nitro benzene ring substituents is 1. The zero-order valence-electron chi connectivity index (χ0n) is 15.3. The van der Waals surface area contributed by atoms with Gasteiger partial charge in [-0.25, -0.2) is 0 Å². The molecule has 0 saturated carbocycles. The van der Waals surface area contributed by atoms with Crippen LogP contribution in [0.2, 0.25) is 0 Å². The lowest BCUT2D eigenvalue weighted by Crippen LogP contribution is -2.42. The fourth-order valence-electron chi connectivity index (χ4n) is 3.09. The second-order valence-corrected chi connectivity index (χ2v) is 7.27. The Kier molecular flexibility index (Phi) is 5.95. The third-order valence-electron chi connectivity index (χ3n) is 4.62. The zero-order valence-corrected chi connectivity index (χ0v) is 16.1. The molecule has 0 unspecified atom stereocenters. The summed E-state index contributed by atoms with van der Waals surface area (Å²) in [7, 11) is 0. The van der Waals surface area contributed by atoms with E-state index < -0.39 is 4.92 Å². The van der Waals surface area contributed by atoms with E-state index in [-0.39, 0.29) is 23.3 Å². The highest BCUT2D eigenvalue weighted by molar-refractivity contribution is 7.98. The first-order valence-electron chi connectivity index (χ1n) is 8.68. The summed E-state index contributed by atoms with van der Waals surface area (Å²) < 4.78 is 6.03. The molecule has 7 nitrogen and oxygen atoms in total. The van der Waals surface area contributed by atoms with Gasteiger partial charge in [-0.15, -0.1) is 11.8 Å². The number of nitro groups is 1. The van der Waals surface area contributed by atoms with Crippen molar-refractivity contribution in [2.75, 3.05) is 19.3 Å². The second kappa shape index (κ2) is 8.39. The van der Waals surface area contributed by atoms with Crippen LogP contribution in [0, 0.1) is 17.0 Å². The summed E-state index contributed by atoms with van der Waals surface area (Å²) >= 11 is 1.45. The number of carbonyl (C=O) groups excluding carboxylic acids is 1. The molecular weight excluding hydrogens is 366 g/mol. The van der Waals surface area contributed by atoms with E-state index in [4.69, 9.17) is 4.74 Å². The Hall–Kier alpha value is -2.61. The summed E-state index contributed by atoms with van der Waals surface area (Å²) in [5.74, 6) is 0.509. The molecular formula is C19H21N3O4S. The number of hydrogen-bond donors (Lipinski definition) is 0. The van der Waals surface area contributed by atoms with E-state index in [1.807, 2.05) is 19.2 Å². The minimum atomic E-state index is -0.501. The zero-order chi connectivity index (χ0) is 19.4. The van der Waals surface area contributed by atoms with Crippen molar-refractivity contribution in [3.63, 3.8) is 0 Å². The van der Waals surface area contributed by atoms with Crippen LogP contribution in [0.5, 0.6) is 5.75 Å². The first-order valence-corrected chi connectivity index (χ1v) is 9.91. The van der Waals surface area contributed by atoms with Gasteiger partial charge in [0.1, 0.15) is 17.4 Å². The summed E-state index contributed by atoms with van der Waals surface area (Å²) in [6, 6.07) is 6.51. The topological polar surface area (TPSA) is 85.6 Å². The third kappa shape index (κ3) is 4.39. The molecule has 27 heavy (non-hydrogen) atoms. The number of amides is 1. The molecule has 0 N–H and O–H groups in total. The normalized spacial score (nSPS) is 14.8.